The Hall–Kier alpha value is -1.74. The highest BCUT2D eigenvalue weighted by Gasteiger charge is 2.69. The number of nitro groups is 1. The van der Waals surface area contributed by atoms with Gasteiger partial charge in [0.1, 0.15) is 5.75 Å². The standard InChI is InChI=1S/C21H27NO7/c1-12-4-9-17-13(2)18(25-15-7-5-14(6-8-15)22(23)24)26-19-21(17)16(12)10-11-20(3,27-19)28-29-21/h5-8,12-13,16-19H,4,9-11H2,1-3H3/t12-,13-,16?,17?,18+,19-,20?,21-/m1/s1. The van der Waals surface area contributed by atoms with Crippen molar-refractivity contribution in [1.82, 2.24) is 0 Å². The Morgan fingerprint density at radius 2 is 1.86 bits per heavy atom. The third kappa shape index (κ3) is 2.88. The number of hydrogen-bond donors (Lipinski definition) is 0. The minimum absolute atomic E-state index is 0.0286. The highest BCUT2D eigenvalue weighted by molar-refractivity contribution is 5.36. The van der Waals surface area contributed by atoms with Gasteiger partial charge >= 0.3 is 0 Å². The van der Waals surface area contributed by atoms with E-state index in [0.29, 0.717) is 17.6 Å². The molecule has 158 valence electrons. The summed E-state index contributed by atoms with van der Waals surface area (Å²) in [7, 11) is 0. The van der Waals surface area contributed by atoms with E-state index in [0.717, 1.165) is 25.7 Å². The summed E-state index contributed by atoms with van der Waals surface area (Å²) >= 11 is 0. The highest BCUT2D eigenvalue weighted by atomic mass is 17.3. The highest BCUT2D eigenvalue weighted by Crippen LogP contribution is 2.60. The molecule has 0 radical (unpaired) electrons. The lowest BCUT2D eigenvalue weighted by Crippen LogP contribution is -2.70. The first kappa shape index (κ1) is 19.2. The number of non-ortho nitro benzene ring substituents is 1. The summed E-state index contributed by atoms with van der Waals surface area (Å²) in [4.78, 5) is 22.4. The van der Waals surface area contributed by atoms with E-state index in [-0.39, 0.29) is 17.5 Å². The van der Waals surface area contributed by atoms with Crippen LogP contribution in [0.25, 0.3) is 0 Å². The second-order valence-corrected chi connectivity index (χ2v) is 9.14. The molecule has 1 spiro atoms. The number of ether oxygens (including phenoxy) is 3. The summed E-state index contributed by atoms with van der Waals surface area (Å²) in [5.74, 6) is 0.740. The zero-order chi connectivity index (χ0) is 20.4. The van der Waals surface area contributed by atoms with Crippen molar-refractivity contribution in [3.05, 3.63) is 34.4 Å². The van der Waals surface area contributed by atoms with Crippen LogP contribution < -0.4 is 4.74 Å². The third-order valence-corrected chi connectivity index (χ3v) is 7.40. The molecule has 0 amide bonds. The van der Waals surface area contributed by atoms with Crippen molar-refractivity contribution in [2.75, 3.05) is 0 Å². The molecular weight excluding hydrogens is 378 g/mol. The molecule has 4 aliphatic heterocycles. The van der Waals surface area contributed by atoms with Crippen LogP contribution in [0, 0.1) is 33.8 Å². The second kappa shape index (κ2) is 6.63. The number of rotatable bonds is 3. The van der Waals surface area contributed by atoms with E-state index in [1.807, 2.05) is 6.92 Å². The molecule has 8 heteroatoms. The van der Waals surface area contributed by atoms with Crippen molar-refractivity contribution in [3.8, 4) is 5.75 Å². The van der Waals surface area contributed by atoms with Gasteiger partial charge in [0.05, 0.1) is 4.92 Å². The lowest BCUT2D eigenvalue weighted by atomic mass is 9.58. The Kier molecular flexibility index (Phi) is 4.40. The summed E-state index contributed by atoms with van der Waals surface area (Å²) in [5.41, 5.74) is -0.594. The average Bonchev–Trinajstić information content (AvgIpc) is 2.92. The van der Waals surface area contributed by atoms with E-state index in [1.54, 1.807) is 12.1 Å². The van der Waals surface area contributed by atoms with Gasteiger partial charge in [-0.05, 0) is 50.2 Å². The molecule has 5 aliphatic rings. The Bertz CT molecular complexity index is 801. The number of fused-ring (bicyclic) bond motifs is 2. The van der Waals surface area contributed by atoms with Crippen LogP contribution in [0.4, 0.5) is 5.69 Å². The summed E-state index contributed by atoms with van der Waals surface area (Å²) in [5, 5.41) is 10.9. The summed E-state index contributed by atoms with van der Waals surface area (Å²) < 4.78 is 18.8. The van der Waals surface area contributed by atoms with Crippen LogP contribution in [-0.4, -0.2) is 28.9 Å². The predicted octanol–water partition coefficient (Wildman–Crippen LogP) is 4.18. The van der Waals surface area contributed by atoms with Gasteiger partial charge in [0, 0.05) is 30.4 Å². The smallest absolute Gasteiger partial charge is 0.269 e. The quantitative estimate of drug-likeness (QED) is 0.423. The maximum Gasteiger partial charge on any atom is 0.269 e. The van der Waals surface area contributed by atoms with E-state index in [4.69, 9.17) is 24.0 Å². The van der Waals surface area contributed by atoms with Crippen LogP contribution >= 0.6 is 0 Å². The zero-order valence-electron chi connectivity index (χ0n) is 16.9. The molecule has 3 unspecified atom stereocenters. The van der Waals surface area contributed by atoms with Gasteiger partial charge in [-0.2, -0.15) is 0 Å². The minimum atomic E-state index is -0.823. The van der Waals surface area contributed by atoms with Gasteiger partial charge in [0.15, 0.2) is 11.9 Å². The summed E-state index contributed by atoms with van der Waals surface area (Å²) in [6.45, 7) is 6.28. The summed E-state index contributed by atoms with van der Waals surface area (Å²) in [6.07, 6.45) is 2.76. The number of hydrogen-bond acceptors (Lipinski definition) is 7. The predicted molar refractivity (Wildman–Crippen MR) is 101 cm³/mol. The lowest BCUT2D eigenvalue weighted by Gasteiger charge is -2.60. The van der Waals surface area contributed by atoms with Gasteiger partial charge in [-0.3, -0.25) is 10.1 Å². The van der Waals surface area contributed by atoms with E-state index in [9.17, 15) is 10.1 Å². The number of benzene rings is 1. The Morgan fingerprint density at radius 1 is 1.10 bits per heavy atom. The molecule has 8 nitrogen and oxygen atoms in total. The fourth-order valence-electron chi connectivity index (χ4n) is 5.79. The van der Waals surface area contributed by atoms with Gasteiger partial charge in [0.2, 0.25) is 12.1 Å². The van der Waals surface area contributed by atoms with Gasteiger partial charge in [0.25, 0.3) is 5.69 Å². The maximum atomic E-state index is 10.9. The Balaban J connectivity index is 1.44. The molecule has 4 saturated heterocycles. The van der Waals surface area contributed by atoms with Crippen LogP contribution in [-0.2, 0) is 19.2 Å². The molecule has 1 aromatic rings. The van der Waals surface area contributed by atoms with Crippen LogP contribution in [0.15, 0.2) is 24.3 Å². The van der Waals surface area contributed by atoms with E-state index in [2.05, 4.69) is 13.8 Å². The van der Waals surface area contributed by atoms with Crippen molar-refractivity contribution in [3.63, 3.8) is 0 Å². The van der Waals surface area contributed by atoms with Crippen molar-refractivity contribution in [2.45, 2.75) is 70.4 Å². The van der Waals surface area contributed by atoms with Gasteiger partial charge in [-0.25, -0.2) is 9.78 Å². The van der Waals surface area contributed by atoms with E-state index in [1.165, 1.54) is 12.1 Å². The number of nitro benzene ring substituents is 1. The molecule has 1 aliphatic carbocycles. The second-order valence-electron chi connectivity index (χ2n) is 9.14. The fraction of sp³-hybridized carbons (Fsp3) is 0.714. The molecular formula is C21H27NO7. The van der Waals surface area contributed by atoms with Gasteiger partial charge < -0.3 is 14.2 Å². The Labute approximate surface area is 169 Å². The lowest BCUT2D eigenvalue weighted by molar-refractivity contribution is -0.575. The van der Waals surface area contributed by atoms with Crippen molar-refractivity contribution < 1.29 is 28.9 Å². The molecule has 8 atom stereocenters. The monoisotopic (exact) mass is 405 g/mol. The largest absolute Gasteiger partial charge is 0.465 e. The van der Waals surface area contributed by atoms with Crippen LogP contribution in [0.1, 0.15) is 46.5 Å². The van der Waals surface area contributed by atoms with Crippen LogP contribution in [0.2, 0.25) is 0 Å². The van der Waals surface area contributed by atoms with E-state index >= 15 is 0 Å². The van der Waals surface area contributed by atoms with Gasteiger partial charge in [-0.15, -0.1) is 0 Å². The van der Waals surface area contributed by atoms with Crippen molar-refractivity contribution >= 4 is 5.69 Å². The third-order valence-electron chi connectivity index (χ3n) is 7.40. The topological polar surface area (TPSA) is 89.3 Å². The normalized spacial score (nSPS) is 45.9. The molecule has 29 heavy (non-hydrogen) atoms. The van der Waals surface area contributed by atoms with Crippen LogP contribution in [0.5, 0.6) is 5.75 Å². The zero-order valence-corrected chi connectivity index (χ0v) is 16.9. The minimum Gasteiger partial charge on any atom is -0.465 e. The first-order chi connectivity index (χ1) is 13.8. The SMILES string of the molecule is C[C@@H]1CCC2[C@@H](C)[C@@H](Oc3ccc([N+](=O)[O-])cc3)O[C@@H]3OC4(C)CCC1[C@@]23OO4. The molecule has 1 saturated carbocycles. The molecule has 4 heterocycles. The Morgan fingerprint density at radius 3 is 2.59 bits per heavy atom. The fourth-order valence-corrected chi connectivity index (χ4v) is 5.79. The summed E-state index contributed by atoms with van der Waals surface area (Å²) in [6, 6.07) is 6.08. The molecule has 0 aromatic heterocycles. The first-order valence-electron chi connectivity index (χ1n) is 10.4. The van der Waals surface area contributed by atoms with E-state index < -0.39 is 28.9 Å². The van der Waals surface area contributed by atoms with Crippen molar-refractivity contribution in [2.24, 2.45) is 23.7 Å². The van der Waals surface area contributed by atoms with Crippen LogP contribution in [0.3, 0.4) is 0 Å². The molecule has 6 rings (SSSR count). The first-order valence-corrected chi connectivity index (χ1v) is 10.4. The molecule has 2 bridgehead atoms. The number of nitrogens with zero attached hydrogens (tertiary/aromatic N) is 1. The average molecular weight is 405 g/mol. The molecule has 1 aromatic carbocycles. The van der Waals surface area contributed by atoms with Crippen molar-refractivity contribution in [1.29, 1.82) is 0 Å². The van der Waals surface area contributed by atoms with Gasteiger partial charge in [-0.1, -0.05) is 13.8 Å². The molecule has 0 N–H and O–H groups in total. The molecule has 5 fully saturated rings. The maximum absolute atomic E-state index is 10.9.